The first kappa shape index (κ1) is 16.6. The minimum Gasteiger partial charge on any atom is -0.319 e. The molecule has 1 aliphatic heterocycles. The van der Waals surface area contributed by atoms with Crippen molar-refractivity contribution in [3.8, 4) is 0 Å². The summed E-state index contributed by atoms with van der Waals surface area (Å²) in [5.41, 5.74) is 1.26. The highest BCUT2D eigenvalue weighted by Crippen LogP contribution is 2.30. The monoisotopic (exact) mass is 339 g/mol. The Kier molecular flexibility index (Phi) is 4.00. The number of aryl methyl sites for hydroxylation is 1. The van der Waals surface area contributed by atoms with Gasteiger partial charge in [0.15, 0.2) is 0 Å². The summed E-state index contributed by atoms with van der Waals surface area (Å²) in [6, 6.07) is 12.7. The summed E-state index contributed by atoms with van der Waals surface area (Å²) >= 11 is 0. The number of amides is 3. The highest BCUT2D eigenvalue weighted by atomic mass is 16.6. The van der Waals surface area contributed by atoms with Crippen LogP contribution in [-0.2, 0) is 16.9 Å². The Morgan fingerprint density at radius 1 is 1.08 bits per heavy atom. The molecule has 0 radical (unpaired) electrons. The molecule has 0 spiro atoms. The van der Waals surface area contributed by atoms with Crippen molar-refractivity contribution >= 4 is 17.6 Å². The third-order valence-electron chi connectivity index (χ3n) is 4.39. The van der Waals surface area contributed by atoms with E-state index >= 15 is 0 Å². The van der Waals surface area contributed by atoms with Gasteiger partial charge in [-0.3, -0.25) is 19.8 Å². The Bertz CT molecular complexity index is 846. The van der Waals surface area contributed by atoms with E-state index in [1.54, 1.807) is 19.1 Å². The second-order valence-electron chi connectivity index (χ2n) is 6.24. The quantitative estimate of drug-likeness (QED) is 0.526. The summed E-state index contributed by atoms with van der Waals surface area (Å²) in [7, 11) is 0. The van der Waals surface area contributed by atoms with Crippen LogP contribution in [0.2, 0.25) is 0 Å². The van der Waals surface area contributed by atoms with Crippen LogP contribution in [0.1, 0.15) is 23.6 Å². The maximum Gasteiger partial charge on any atom is 0.325 e. The molecule has 1 saturated heterocycles. The van der Waals surface area contributed by atoms with Crippen LogP contribution in [0.25, 0.3) is 0 Å². The van der Waals surface area contributed by atoms with E-state index in [-0.39, 0.29) is 18.1 Å². The highest BCUT2D eigenvalue weighted by Gasteiger charge is 2.48. The van der Waals surface area contributed by atoms with Crippen molar-refractivity contribution in [2.75, 3.05) is 0 Å². The van der Waals surface area contributed by atoms with Crippen LogP contribution in [0.4, 0.5) is 10.5 Å². The molecule has 7 nitrogen and oxygen atoms in total. The van der Waals surface area contributed by atoms with Gasteiger partial charge in [-0.1, -0.05) is 42.0 Å². The summed E-state index contributed by atoms with van der Waals surface area (Å²) in [5, 5.41) is 13.4. The van der Waals surface area contributed by atoms with E-state index in [2.05, 4.69) is 5.32 Å². The van der Waals surface area contributed by atoms with E-state index in [1.807, 2.05) is 31.2 Å². The number of nitrogens with zero attached hydrogens (tertiary/aromatic N) is 2. The van der Waals surface area contributed by atoms with Crippen LogP contribution >= 0.6 is 0 Å². The molecule has 3 rings (SSSR count). The first-order valence-electron chi connectivity index (χ1n) is 7.76. The predicted molar refractivity (Wildman–Crippen MR) is 90.7 cm³/mol. The second kappa shape index (κ2) is 6.01. The molecule has 1 aliphatic rings. The molecule has 7 heteroatoms. The number of non-ortho nitro benzene ring substituents is 1. The van der Waals surface area contributed by atoms with E-state index in [0.29, 0.717) is 11.1 Å². The lowest BCUT2D eigenvalue weighted by atomic mass is 9.91. The van der Waals surface area contributed by atoms with Gasteiger partial charge < -0.3 is 5.32 Å². The van der Waals surface area contributed by atoms with E-state index in [0.717, 1.165) is 10.5 Å². The van der Waals surface area contributed by atoms with Gasteiger partial charge in [-0.15, -0.1) is 0 Å². The largest absolute Gasteiger partial charge is 0.325 e. The van der Waals surface area contributed by atoms with E-state index in [4.69, 9.17) is 0 Å². The number of nitrogens with one attached hydrogen (secondary N) is 1. The third kappa shape index (κ3) is 2.96. The lowest BCUT2D eigenvalue weighted by Gasteiger charge is -2.22. The fourth-order valence-corrected chi connectivity index (χ4v) is 2.83. The second-order valence-corrected chi connectivity index (χ2v) is 6.24. The average Bonchev–Trinajstić information content (AvgIpc) is 2.80. The standard InChI is InChI=1S/C18H17N3O4/c1-12-3-7-14(8-4-12)18(2)16(22)20(17(23)19-18)11-13-5-9-15(10-6-13)21(24)25/h3-10H,11H2,1-2H3,(H,19,23)/t18-/m1/s1. The van der Waals surface area contributed by atoms with Gasteiger partial charge in [0.25, 0.3) is 11.6 Å². The molecule has 1 heterocycles. The molecule has 0 aliphatic carbocycles. The van der Waals surface area contributed by atoms with Crippen molar-refractivity contribution in [3.05, 3.63) is 75.3 Å². The maximum atomic E-state index is 12.8. The molecule has 25 heavy (non-hydrogen) atoms. The first-order valence-corrected chi connectivity index (χ1v) is 7.76. The van der Waals surface area contributed by atoms with Gasteiger partial charge in [-0.25, -0.2) is 4.79 Å². The summed E-state index contributed by atoms with van der Waals surface area (Å²) in [6.45, 7) is 3.68. The molecular weight excluding hydrogens is 322 g/mol. The summed E-state index contributed by atoms with van der Waals surface area (Å²) in [6.07, 6.45) is 0. The van der Waals surface area contributed by atoms with Crippen LogP contribution in [0.3, 0.4) is 0 Å². The fraction of sp³-hybridized carbons (Fsp3) is 0.222. The summed E-state index contributed by atoms with van der Waals surface area (Å²) in [5.74, 6) is -0.347. The Labute approximate surface area is 144 Å². The van der Waals surface area contributed by atoms with Crippen molar-refractivity contribution in [3.63, 3.8) is 0 Å². The lowest BCUT2D eigenvalue weighted by molar-refractivity contribution is -0.384. The number of nitro groups is 1. The third-order valence-corrected chi connectivity index (χ3v) is 4.39. The Hall–Kier alpha value is -3.22. The van der Waals surface area contributed by atoms with Crippen LogP contribution in [0, 0.1) is 17.0 Å². The Morgan fingerprint density at radius 3 is 2.24 bits per heavy atom. The molecule has 3 amide bonds. The topological polar surface area (TPSA) is 92.6 Å². The smallest absolute Gasteiger partial charge is 0.319 e. The van der Waals surface area contributed by atoms with Gasteiger partial charge in [0.1, 0.15) is 5.54 Å². The predicted octanol–water partition coefficient (Wildman–Crippen LogP) is 2.87. The van der Waals surface area contributed by atoms with Gasteiger partial charge in [0, 0.05) is 12.1 Å². The molecule has 2 aromatic rings. The number of nitro benzene ring substituents is 1. The van der Waals surface area contributed by atoms with Crippen LogP contribution in [0.5, 0.6) is 0 Å². The summed E-state index contributed by atoms with van der Waals surface area (Å²) in [4.78, 5) is 36.5. The highest BCUT2D eigenvalue weighted by molar-refractivity contribution is 6.07. The van der Waals surface area contributed by atoms with Crippen molar-refractivity contribution < 1.29 is 14.5 Å². The molecular formula is C18H17N3O4. The zero-order valence-electron chi connectivity index (χ0n) is 13.9. The maximum absolute atomic E-state index is 12.8. The molecule has 0 unspecified atom stereocenters. The fourth-order valence-electron chi connectivity index (χ4n) is 2.83. The summed E-state index contributed by atoms with van der Waals surface area (Å²) < 4.78 is 0. The minimum absolute atomic E-state index is 0.0366. The van der Waals surface area contributed by atoms with Crippen molar-refractivity contribution in [1.29, 1.82) is 0 Å². The van der Waals surface area contributed by atoms with Gasteiger partial charge in [0.05, 0.1) is 11.5 Å². The molecule has 1 N–H and O–H groups in total. The van der Waals surface area contributed by atoms with Crippen LogP contribution in [0.15, 0.2) is 48.5 Å². The zero-order valence-corrected chi connectivity index (χ0v) is 13.9. The van der Waals surface area contributed by atoms with Crippen LogP contribution < -0.4 is 5.32 Å². The number of carbonyl (C=O) groups excluding carboxylic acids is 2. The zero-order chi connectivity index (χ0) is 18.2. The molecule has 2 aromatic carbocycles. The normalized spacial score (nSPS) is 19.8. The lowest BCUT2D eigenvalue weighted by Crippen LogP contribution is -2.40. The van der Waals surface area contributed by atoms with E-state index < -0.39 is 16.5 Å². The van der Waals surface area contributed by atoms with Gasteiger partial charge >= 0.3 is 6.03 Å². The van der Waals surface area contributed by atoms with E-state index in [9.17, 15) is 19.7 Å². The SMILES string of the molecule is Cc1ccc([C@@]2(C)NC(=O)N(Cc3ccc([N+](=O)[O-])cc3)C2=O)cc1. The number of hydrogen-bond acceptors (Lipinski definition) is 4. The number of benzene rings is 2. The first-order chi connectivity index (χ1) is 11.8. The average molecular weight is 339 g/mol. The number of carbonyl (C=O) groups is 2. The Morgan fingerprint density at radius 2 is 1.68 bits per heavy atom. The van der Waals surface area contributed by atoms with Gasteiger partial charge in [-0.2, -0.15) is 0 Å². The molecule has 0 bridgehead atoms. The molecule has 128 valence electrons. The van der Waals surface area contributed by atoms with E-state index in [1.165, 1.54) is 12.1 Å². The van der Waals surface area contributed by atoms with Crippen molar-refractivity contribution in [2.24, 2.45) is 0 Å². The number of imide groups is 1. The minimum atomic E-state index is -1.12. The Balaban J connectivity index is 1.83. The molecule has 1 atom stereocenters. The number of urea groups is 1. The van der Waals surface area contributed by atoms with Crippen molar-refractivity contribution in [2.45, 2.75) is 25.9 Å². The number of hydrogen-bond donors (Lipinski definition) is 1. The number of rotatable bonds is 4. The van der Waals surface area contributed by atoms with Crippen molar-refractivity contribution in [1.82, 2.24) is 10.2 Å². The van der Waals surface area contributed by atoms with Gasteiger partial charge in [0.2, 0.25) is 0 Å². The molecule has 1 fully saturated rings. The van der Waals surface area contributed by atoms with Gasteiger partial charge in [-0.05, 0) is 25.0 Å². The molecule has 0 saturated carbocycles. The molecule has 0 aromatic heterocycles. The van der Waals surface area contributed by atoms with Crippen LogP contribution in [-0.4, -0.2) is 21.8 Å².